The summed E-state index contributed by atoms with van der Waals surface area (Å²) in [4.78, 5) is 3.92. The highest BCUT2D eigenvalue weighted by molar-refractivity contribution is 14.1. The molecule has 4 nitrogen and oxygen atoms in total. The Kier molecular flexibility index (Phi) is 7.18. The summed E-state index contributed by atoms with van der Waals surface area (Å²) in [6.45, 7) is 2.50. The van der Waals surface area contributed by atoms with Gasteiger partial charge in [-0.15, -0.1) is 0 Å². The summed E-state index contributed by atoms with van der Waals surface area (Å²) in [5.74, 6) is 0.452. The molecule has 0 aliphatic heterocycles. The second-order valence-corrected chi connectivity index (χ2v) is 3.70. The average Bonchev–Trinajstić information content (AvgIpc) is 2.00. The van der Waals surface area contributed by atoms with E-state index in [0.717, 1.165) is 6.42 Å². The lowest BCUT2D eigenvalue weighted by Crippen LogP contribution is -2.36. The third kappa shape index (κ3) is 6.70. The number of halogens is 1. The van der Waals surface area contributed by atoms with Gasteiger partial charge >= 0.3 is 0 Å². The predicted octanol–water partition coefficient (Wildman–Crippen LogP) is 0.454. The summed E-state index contributed by atoms with van der Waals surface area (Å²) in [5, 5.41) is 3.00. The molecule has 1 atom stereocenters. The second-order valence-electron chi connectivity index (χ2n) is 1.88. The molecule has 6 heteroatoms. The van der Waals surface area contributed by atoms with Gasteiger partial charge in [0.2, 0.25) is 0 Å². The van der Waals surface area contributed by atoms with E-state index in [0.29, 0.717) is 16.7 Å². The number of nitrogens with zero attached hydrogens (tertiary/aromatic N) is 1. The first-order valence-corrected chi connectivity index (χ1v) is 4.97. The quantitative estimate of drug-likeness (QED) is 0.152. The molecule has 0 rings (SSSR count). The van der Waals surface area contributed by atoms with Crippen molar-refractivity contribution in [3.63, 3.8) is 0 Å². The zero-order valence-electron chi connectivity index (χ0n) is 6.34. The largest absolute Gasteiger partial charge is 0.370 e. The van der Waals surface area contributed by atoms with Crippen LogP contribution >= 0.6 is 35.4 Å². The van der Waals surface area contributed by atoms with Crippen LogP contribution in [0, 0.1) is 0 Å². The molecule has 0 heterocycles. The molecule has 0 spiro atoms. The molecule has 0 aliphatic carbocycles. The Balaban J connectivity index is 3.57. The van der Waals surface area contributed by atoms with Gasteiger partial charge in [0.25, 0.3) is 0 Å². The van der Waals surface area contributed by atoms with Gasteiger partial charge in [0, 0.05) is 0 Å². The Hall–Kier alpha value is 0.310. The Bertz CT molecular complexity index is 130. The minimum atomic E-state index is 0.344. The van der Waals surface area contributed by atoms with E-state index in [1.54, 1.807) is 0 Å². The zero-order valence-corrected chi connectivity index (χ0v) is 9.39. The van der Waals surface area contributed by atoms with Crippen molar-refractivity contribution in [1.82, 2.24) is 10.0 Å². The number of thiol groups is 1. The second kappa shape index (κ2) is 6.99. The van der Waals surface area contributed by atoms with Gasteiger partial charge in [-0.2, -0.15) is 0 Å². The maximum Gasteiger partial charge on any atom is 0.190 e. The molecule has 11 heavy (non-hydrogen) atoms. The minimum absolute atomic E-state index is 0.344. The molecule has 0 aromatic heterocycles. The van der Waals surface area contributed by atoms with Crippen LogP contribution < -0.4 is 15.8 Å². The van der Waals surface area contributed by atoms with E-state index in [-0.39, 0.29) is 0 Å². The molecule has 0 radical (unpaired) electrons. The maximum absolute atomic E-state index is 5.50. The summed E-state index contributed by atoms with van der Waals surface area (Å²) >= 11 is 6.03. The molecule has 0 aromatic carbocycles. The van der Waals surface area contributed by atoms with Gasteiger partial charge in [0.1, 0.15) is 6.67 Å². The third-order valence-corrected chi connectivity index (χ3v) is 2.32. The Labute approximate surface area is 86.1 Å². The number of rotatable bonds is 4. The van der Waals surface area contributed by atoms with E-state index < -0.39 is 0 Å². The number of hydrogen-bond donors (Lipinski definition) is 4. The van der Waals surface area contributed by atoms with Crippen LogP contribution in [0.3, 0.4) is 0 Å². The molecule has 0 saturated carbocycles. The van der Waals surface area contributed by atoms with Crippen LogP contribution in [0.5, 0.6) is 0 Å². The van der Waals surface area contributed by atoms with Crippen LogP contribution in [-0.2, 0) is 0 Å². The van der Waals surface area contributed by atoms with E-state index in [2.05, 4.69) is 57.4 Å². The van der Waals surface area contributed by atoms with Crippen molar-refractivity contribution in [2.45, 2.75) is 17.4 Å². The first kappa shape index (κ1) is 11.3. The number of nitrogens with two attached hydrogens (primary N) is 1. The number of guanidine groups is 1. The first-order valence-electron chi connectivity index (χ1n) is 3.28. The van der Waals surface area contributed by atoms with E-state index in [1.807, 2.05) is 0 Å². The number of alkyl halides is 1. The molecule has 1 unspecified atom stereocenters. The Morgan fingerprint density at radius 2 is 2.45 bits per heavy atom. The fraction of sp³-hybridized carbons (Fsp3) is 0.800. The van der Waals surface area contributed by atoms with E-state index in [9.17, 15) is 0 Å². The van der Waals surface area contributed by atoms with Crippen molar-refractivity contribution in [3.8, 4) is 0 Å². The average molecular weight is 288 g/mol. The van der Waals surface area contributed by atoms with Gasteiger partial charge in [-0.1, -0.05) is 42.3 Å². The van der Waals surface area contributed by atoms with Crippen molar-refractivity contribution < 1.29 is 0 Å². The van der Waals surface area contributed by atoms with E-state index >= 15 is 0 Å². The lowest BCUT2D eigenvalue weighted by Gasteiger charge is -2.09. The number of nitrogens with one attached hydrogen (secondary N) is 2. The standard InChI is InChI=1S/C5H13IN4S/c1-2-4(6)10-5(7)8-3-9-11/h4,9,11H,2-3H2,1H3,(H3,7,8,10). The number of aliphatic imine (C=N–C) groups is 1. The zero-order chi connectivity index (χ0) is 8.69. The van der Waals surface area contributed by atoms with E-state index in [1.165, 1.54) is 0 Å². The monoisotopic (exact) mass is 288 g/mol. The molecule has 0 bridgehead atoms. The highest BCUT2D eigenvalue weighted by Gasteiger charge is 1.98. The molecular weight excluding hydrogens is 275 g/mol. The normalized spacial score (nSPS) is 14.6. The smallest absolute Gasteiger partial charge is 0.190 e. The fourth-order valence-corrected chi connectivity index (χ4v) is 0.818. The van der Waals surface area contributed by atoms with Crippen molar-refractivity contribution in [3.05, 3.63) is 0 Å². The molecule has 66 valence electrons. The van der Waals surface area contributed by atoms with Crippen molar-refractivity contribution in [2.24, 2.45) is 10.7 Å². The summed E-state index contributed by atoms with van der Waals surface area (Å²) in [5.41, 5.74) is 5.50. The minimum Gasteiger partial charge on any atom is -0.370 e. The Morgan fingerprint density at radius 3 is 2.91 bits per heavy atom. The molecule has 4 N–H and O–H groups in total. The topological polar surface area (TPSA) is 62.4 Å². The molecule has 0 aromatic rings. The first-order chi connectivity index (χ1) is 5.20. The summed E-state index contributed by atoms with van der Waals surface area (Å²) in [7, 11) is 0. The predicted molar refractivity (Wildman–Crippen MR) is 59.8 cm³/mol. The summed E-state index contributed by atoms with van der Waals surface area (Å²) < 4.78 is 2.92. The van der Waals surface area contributed by atoms with Gasteiger partial charge in [-0.3, -0.25) is 0 Å². The van der Waals surface area contributed by atoms with Crippen molar-refractivity contribution in [2.75, 3.05) is 6.67 Å². The summed E-state index contributed by atoms with van der Waals surface area (Å²) in [6.07, 6.45) is 1.02. The van der Waals surface area contributed by atoms with Gasteiger partial charge in [0.05, 0.1) is 4.05 Å². The van der Waals surface area contributed by atoms with Crippen LogP contribution in [0.25, 0.3) is 0 Å². The maximum atomic E-state index is 5.50. The van der Waals surface area contributed by atoms with Crippen LogP contribution in [-0.4, -0.2) is 16.7 Å². The van der Waals surface area contributed by atoms with Crippen LogP contribution in [0.15, 0.2) is 4.99 Å². The molecule has 0 fully saturated rings. The van der Waals surface area contributed by atoms with Crippen molar-refractivity contribution in [1.29, 1.82) is 0 Å². The van der Waals surface area contributed by atoms with E-state index in [4.69, 9.17) is 5.73 Å². The lowest BCUT2D eigenvalue weighted by molar-refractivity contribution is 0.795. The molecular formula is C5H13IN4S. The summed E-state index contributed by atoms with van der Waals surface area (Å²) in [6, 6.07) is 0. The highest BCUT2D eigenvalue weighted by atomic mass is 127. The van der Waals surface area contributed by atoms with Crippen LogP contribution in [0.1, 0.15) is 13.3 Å². The molecule has 0 saturated heterocycles. The SMILES string of the molecule is CCC(I)NC(N)=NCNS. The highest BCUT2D eigenvalue weighted by Crippen LogP contribution is 1.98. The molecule has 0 aliphatic rings. The molecule has 0 amide bonds. The van der Waals surface area contributed by atoms with Crippen LogP contribution in [0.4, 0.5) is 0 Å². The van der Waals surface area contributed by atoms with Gasteiger partial charge in [0.15, 0.2) is 5.96 Å². The Morgan fingerprint density at radius 1 is 1.82 bits per heavy atom. The lowest BCUT2D eigenvalue weighted by atomic mass is 10.5. The number of hydrogen-bond acceptors (Lipinski definition) is 3. The third-order valence-electron chi connectivity index (χ3n) is 0.983. The van der Waals surface area contributed by atoms with Gasteiger partial charge < -0.3 is 11.1 Å². The van der Waals surface area contributed by atoms with Crippen LogP contribution in [0.2, 0.25) is 0 Å². The van der Waals surface area contributed by atoms with Crippen molar-refractivity contribution >= 4 is 41.4 Å². The fourth-order valence-electron chi connectivity index (χ4n) is 0.429. The van der Waals surface area contributed by atoms with Gasteiger partial charge in [-0.05, 0) is 6.42 Å². The van der Waals surface area contributed by atoms with Gasteiger partial charge in [-0.25, -0.2) is 9.71 Å².